The summed E-state index contributed by atoms with van der Waals surface area (Å²) in [5.74, 6) is 0.0267. The minimum absolute atomic E-state index is 0.0267. The van der Waals surface area contributed by atoms with E-state index in [-0.39, 0.29) is 18.3 Å². The van der Waals surface area contributed by atoms with Crippen LogP contribution in [-0.2, 0) is 26.5 Å². The number of benzene rings is 1. The molecule has 1 atom stereocenters. The molecule has 0 radical (unpaired) electrons. The lowest BCUT2D eigenvalue weighted by Gasteiger charge is -2.34. The molecule has 0 saturated carbocycles. The Morgan fingerprint density at radius 1 is 1.04 bits per heavy atom. The maximum absolute atomic E-state index is 12.9. The third-order valence-corrected chi connectivity index (χ3v) is 9.64. The lowest BCUT2D eigenvalue weighted by atomic mass is 10.0. The summed E-state index contributed by atoms with van der Waals surface area (Å²) in [5, 5.41) is 1.76. The summed E-state index contributed by atoms with van der Waals surface area (Å²) in [6.45, 7) is 0.740. The van der Waals surface area contributed by atoms with Gasteiger partial charge < -0.3 is 0 Å². The Morgan fingerprint density at radius 3 is 2.54 bits per heavy atom. The summed E-state index contributed by atoms with van der Waals surface area (Å²) in [7, 11) is -6.90. The average molecular weight is 443 g/mol. The second-order valence-electron chi connectivity index (χ2n) is 6.93. The van der Waals surface area contributed by atoms with Gasteiger partial charge in [-0.05, 0) is 42.7 Å². The minimum atomic E-state index is -3.51. The van der Waals surface area contributed by atoms with E-state index in [1.165, 1.54) is 11.3 Å². The van der Waals surface area contributed by atoms with Crippen molar-refractivity contribution < 1.29 is 16.8 Å². The van der Waals surface area contributed by atoms with Gasteiger partial charge in [0.15, 0.2) is 0 Å². The SMILES string of the molecule is O=S(=O)(CCc1ccccc1)NCCC1CCCCN1S(=O)(=O)c1cccs1. The Morgan fingerprint density at radius 2 is 1.82 bits per heavy atom. The van der Waals surface area contributed by atoms with Gasteiger partial charge in [-0.3, -0.25) is 0 Å². The molecule has 0 amide bonds. The van der Waals surface area contributed by atoms with Gasteiger partial charge in [0.1, 0.15) is 4.21 Å². The van der Waals surface area contributed by atoms with Gasteiger partial charge in [0.05, 0.1) is 5.75 Å². The molecule has 1 N–H and O–H groups in total. The van der Waals surface area contributed by atoms with Crippen LogP contribution in [-0.4, -0.2) is 46.0 Å². The van der Waals surface area contributed by atoms with E-state index in [2.05, 4.69) is 4.72 Å². The number of thiophene rings is 1. The summed E-state index contributed by atoms with van der Waals surface area (Å²) in [5.41, 5.74) is 0.980. The van der Waals surface area contributed by atoms with E-state index >= 15 is 0 Å². The molecular weight excluding hydrogens is 416 g/mol. The first-order valence-corrected chi connectivity index (χ1v) is 13.4. The largest absolute Gasteiger partial charge is 0.252 e. The average Bonchev–Trinajstić information content (AvgIpc) is 3.23. The first kappa shape index (κ1) is 21.4. The fraction of sp³-hybridized carbons (Fsp3) is 0.474. The highest BCUT2D eigenvalue weighted by molar-refractivity contribution is 7.91. The second kappa shape index (κ2) is 9.49. The van der Waals surface area contributed by atoms with E-state index in [1.54, 1.807) is 21.8 Å². The van der Waals surface area contributed by atoms with Crippen molar-refractivity contribution in [1.82, 2.24) is 9.03 Å². The third-order valence-electron chi connectivity index (χ3n) is 4.93. The van der Waals surface area contributed by atoms with Crippen LogP contribution in [0.5, 0.6) is 0 Å². The fourth-order valence-electron chi connectivity index (χ4n) is 3.45. The van der Waals surface area contributed by atoms with Gasteiger partial charge in [0, 0.05) is 19.1 Å². The van der Waals surface area contributed by atoms with Crippen molar-refractivity contribution in [1.29, 1.82) is 0 Å². The van der Waals surface area contributed by atoms with Gasteiger partial charge in [-0.1, -0.05) is 42.8 Å². The van der Waals surface area contributed by atoms with Crippen molar-refractivity contribution in [3.63, 3.8) is 0 Å². The van der Waals surface area contributed by atoms with Crippen molar-refractivity contribution in [2.45, 2.75) is 42.4 Å². The number of nitrogens with one attached hydrogen (secondary N) is 1. The summed E-state index contributed by atoms with van der Waals surface area (Å²) in [4.78, 5) is 0. The van der Waals surface area contributed by atoms with Crippen LogP contribution < -0.4 is 4.72 Å². The molecule has 2 heterocycles. The molecule has 28 heavy (non-hydrogen) atoms. The summed E-state index contributed by atoms with van der Waals surface area (Å²) in [6.07, 6.45) is 3.50. The molecule has 1 aliphatic heterocycles. The quantitative estimate of drug-likeness (QED) is 0.647. The highest BCUT2D eigenvalue weighted by Gasteiger charge is 2.33. The lowest BCUT2D eigenvalue weighted by molar-refractivity contribution is 0.242. The van der Waals surface area contributed by atoms with Crippen LogP contribution in [0, 0.1) is 0 Å². The van der Waals surface area contributed by atoms with Crippen LogP contribution in [0.25, 0.3) is 0 Å². The summed E-state index contributed by atoms with van der Waals surface area (Å²) >= 11 is 1.22. The number of nitrogens with zero attached hydrogens (tertiary/aromatic N) is 1. The second-order valence-corrected chi connectivity index (χ2v) is 11.9. The van der Waals surface area contributed by atoms with Gasteiger partial charge in [-0.2, -0.15) is 4.31 Å². The predicted octanol–water partition coefficient (Wildman–Crippen LogP) is 2.84. The minimum Gasteiger partial charge on any atom is -0.215 e. The van der Waals surface area contributed by atoms with E-state index in [9.17, 15) is 16.8 Å². The van der Waals surface area contributed by atoms with E-state index in [4.69, 9.17) is 0 Å². The van der Waals surface area contributed by atoms with Crippen LogP contribution in [0.1, 0.15) is 31.2 Å². The highest BCUT2D eigenvalue weighted by Crippen LogP contribution is 2.29. The fourth-order valence-corrected chi connectivity index (χ4v) is 7.38. The van der Waals surface area contributed by atoms with Crippen molar-refractivity contribution in [3.8, 4) is 0 Å². The zero-order valence-corrected chi connectivity index (χ0v) is 18.1. The van der Waals surface area contributed by atoms with Crippen LogP contribution in [0.2, 0.25) is 0 Å². The van der Waals surface area contributed by atoms with Crippen LogP contribution >= 0.6 is 11.3 Å². The number of hydrogen-bond acceptors (Lipinski definition) is 5. The number of aryl methyl sites for hydroxylation is 1. The third kappa shape index (κ3) is 5.64. The van der Waals surface area contributed by atoms with E-state index in [0.29, 0.717) is 23.6 Å². The predicted molar refractivity (Wildman–Crippen MR) is 112 cm³/mol. The van der Waals surface area contributed by atoms with Gasteiger partial charge in [0.2, 0.25) is 10.0 Å². The Kier molecular flexibility index (Phi) is 7.27. The van der Waals surface area contributed by atoms with Gasteiger partial charge in [-0.15, -0.1) is 11.3 Å². The van der Waals surface area contributed by atoms with E-state index in [0.717, 1.165) is 24.8 Å². The molecule has 0 spiro atoms. The topological polar surface area (TPSA) is 83.6 Å². The van der Waals surface area contributed by atoms with E-state index < -0.39 is 20.0 Å². The monoisotopic (exact) mass is 442 g/mol. The first-order chi connectivity index (χ1) is 13.4. The zero-order valence-electron chi connectivity index (χ0n) is 15.7. The Hall–Kier alpha value is -1.26. The number of sulfonamides is 2. The van der Waals surface area contributed by atoms with E-state index in [1.807, 2.05) is 30.3 Å². The molecule has 3 rings (SSSR count). The normalized spacial score (nSPS) is 18.9. The standard InChI is InChI=1S/C19H26N2O4S3/c22-27(23,16-12-17-7-2-1-3-8-17)20-13-11-18-9-4-5-14-21(18)28(24,25)19-10-6-15-26-19/h1-3,6-8,10,15,18,20H,4-5,9,11-14,16H2. The Bertz CT molecular complexity index is 942. The lowest BCUT2D eigenvalue weighted by Crippen LogP contribution is -2.45. The van der Waals surface area contributed by atoms with Crippen LogP contribution in [0.4, 0.5) is 0 Å². The molecule has 0 bridgehead atoms. The summed E-state index contributed by atoms with van der Waals surface area (Å²) in [6, 6.07) is 12.7. The van der Waals surface area contributed by atoms with Gasteiger partial charge in [-0.25, -0.2) is 21.6 Å². The maximum atomic E-state index is 12.9. The molecule has 9 heteroatoms. The zero-order chi connectivity index (χ0) is 20.0. The molecule has 154 valence electrons. The van der Waals surface area contributed by atoms with Crippen LogP contribution in [0.15, 0.2) is 52.1 Å². The van der Waals surface area contributed by atoms with Gasteiger partial charge >= 0.3 is 0 Å². The molecule has 1 unspecified atom stereocenters. The molecule has 1 saturated heterocycles. The molecule has 1 aliphatic rings. The molecule has 1 aromatic heterocycles. The molecule has 0 aliphatic carbocycles. The van der Waals surface area contributed by atoms with Crippen molar-refractivity contribution >= 4 is 31.4 Å². The molecular formula is C19H26N2O4S3. The Labute approximate surface area is 171 Å². The van der Waals surface area contributed by atoms with Crippen molar-refractivity contribution in [2.75, 3.05) is 18.8 Å². The van der Waals surface area contributed by atoms with Crippen molar-refractivity contribution in [2.24, 2.45) is 0 Å². The first-order valence-electron chi connectivity index (χ1n) is 9.45. The number of hydrogen-bond donors (Lipinski definition) is 1. The molecule has 1 aromatic carbocycles. The highest BCUT2D eigenvalue weighted by atomic mass is 32.2. The number of rotatable bonds is 9. The van der Waals surface area contributed by atoms with Crippen molar-refractivity contribution in [3.05, 3.63) is 53.4 Å². The molecule has 1 fully saturated rings. The van der Waals surface area contributed by atoms with Gasteiger partial charge in [0.25, 0.3) is 10.0 Å². The summed E-state index contributed by atoms with van der Waals surface area (Å²) < 4.78 is 54.8. The smallest absolute Gasteiger partial charge is 0.215 e. The van der Waals surface area contributed by atoms with Crippen LogP contribution in [0.3, 0.4) is 0 Å². The molecule has 6 nitrogen and oxygen atoms in total. The molecule has 2 aromatic rings. The number of piperidine rings is 1. The maximum Gasteiger partial charge on any atom is 0.252 e. The Balaban J connectivity index is 1.55.